The predicted octanol–water partition coefficient (Wildman–Crippen LogP) is 1.27. The fourth-order valence-electron chi connectivity index (χ4n) is 0.959. The second kappa shape index (κ2) is 4.67. The lowest BCUT2D eigenvalue weighted by molar-refractivity contribution is -0.145. The Morgan fingerprint density at radius 1 is 1.77 bits per heavy atom. The van der Waals surface area contributed by atoms with Crippen LogP contribution >= 0.6 is 0 Å². The third-order valence-electron chi connectivity index (χ3n) is 1.54. The number of aliphatic hydroxyl groups is 1. The van der Waals surface area contributed by atoms with Crippen molar-refractivity contribution in [1.82, 2.24) is 0 Å². The van der Waals surface area contributed by atoms with E-state index in [9.17, 15) is 9.90 Å². The maximum Gasteiger partial charge on any atom is 0.308 e. The summed E-state index contributed by atoms with van der Waals surface area (Å²) in [5.41, 5.74) is 0. The van der Waals surface area contributed by atoms with Gasteiger partial charge in [-0.05, 0) is 19.1 Å². The third-order valence-corrected chi connectivity index (χ3v) is 1.54. The number of aliphatic hydroxyl groups excluding tert-OH is 1. The van der Waals surface area contributed by atoms with Crippen LogP contribution in [0.2, 0.25) is 0 Å². The molecule has 0 amide bonds. The predicted molar refractivity (Wildman–Crippen MR) is 44.9 cm³/mol. The Labute approximate surface area is 76.1 Å². The van der Waals surface area contributed by atoms with Crippen molar-refractivity contribution >= 4 is 5.97 Å². The van der Waals surface area contributed by atoms with Crippen LogP contribution in [0.1, 0.15) is 25.2 Å². The van der Waals surface area contributed by atoms with Crippen molar-refractivity contribution in [3.05, 3.63) is 24.2 Å². The van der Waals surface area contributed by atoms with Crippen LogP contribution < -0.4 is 0 Å². The summed E-state index contributed by atoms with van der Waals surface area (Å²) in [7, 11) is 0. The third kappa shape index (κ3) is 2.91. The SMILES string of the molecule is CCOC(=O)C[C@H](O)c1ccco1. The van der Waals surface area contributed by atoms with Crippen molar-refractivity contribution < 1.29 is 19.1 Å². The maximum absolute atomic E-state index is 10.9. The smallest absolute Gasteiger partial charge is 0.308 e. The van der Waals surface area contributed by atoms with Crippen LogP contribution in [0.25, 0.3) is 0 Å². The molecular formula is C9H12O4. The molecule has 4 heteroatoms. The molecule has 0 saturated heterocycles. The van der Waals surface area contributed by atoms with Gasteiger partial charge in [-0.3, -0.25) is 4.79 Å². The van der Waals surface area contributed by atoms with Crippen LogP contribution in [0.5, 0.6) is 0 Å². The molecule has 13 heavy (non-hydrogen) atoms. The van der Waals surface area contributed by atoms with Crippen LogP contribution in [0.3, 0.4) is 0 Å². The summed E-state index contributed by atoms with van der Waals surface area (Å²) < 4.78 is 9.59. The molecule has 1 aromatic heterocycles. The molecule has 1 rings (SSSR count). The Hall–Kier alpha value is -1.29. The summed E-state index contributed by atoms with van der Waals surface area (Å²) >= 11 is 0. The zero-order chi connectivity index (χ0) is 9.68. The fraction of sp³-hybridized carbons (Fsp3) is 0.444. The molecule has 0 aliphatic carbocycles. The normalized spacial score (nSPS) is 12.5. The van der Waals surface area contributed by atoms with Gasteiger partial charge in [0, 0.05) is 0 Å². The zero-order valence-corrected chi connectivity index (χ0v) is 7.40. The number of esters is 1. The summed E-state index contributed by atoms with van der Waals surface area (Å²) in [5.74, 6) is -0.0422. The highest BCUT2D eigenvalue weighted by atomic mass is 16.5. The largest absolute Gasteiger partial charge is 0.467 e. The summed E-state index contributed by atoms with van der Waals surface area (Å²) in [6.07, 6.45) is 0.472. The molecule has 1 N–H and O–H groups in total. The van der Waals surface area contributed by atoms with E-state index in [1.165, 1.54) is 6.26 Å². The minimum Gasteiger partial charge on any atom is -0.467 e. The summed E-state index contributed by atoms with van der Waals surface area (Å²) in [5, 5.41) is 9.41. The van der Waals surface area contributed by atoms with Crippen molar-refractivity contribution in [3.63, 3.8) is 0 Å². The van der Waals surface area contributed by atoms with Crippen molar-refractivity contribution in [2.75, 3.05) is 6.61 Å². The van der Waals surface area contributed by atoms with Gasteiger partial charge in [0.1, 0.15) is 11.9 Å². The molecule has 0 unspecified atom stereocenters. The minimum atomic E-state index is -0.908. The van der Waals surface area contributed by atoms with Gasteiger partial charge in [-0.1, -0.05) is 0 Å². The fourth-order valence-corrected chi connectivity index (χ4v) is 0.959. The van der Waals surface area contributed by atoms with Crippen LogP contribution in [0.15, 0.2) is 22.8 Å². The molecule has 0 bridgehead atoms. The first kappa shape index (κ1) is 9.80. The number of furan rings is 1. The average Bonchev–Trinajstić information content (AvgIpc) is 2.55. The molecule has 0 saturated carbocycles. The van der Waals surface area contributed by atoms with Gasteiger partial charge in [-0.2, -0.15) is 0 Å². The molecule has 1 heterocycles. The van der Waals surface area contributed by atoms with E-state index in [0.717, 1.165) is 0 Å². The lowest BCUT2D eigenvalue weighted by Gasteiger charge is -2.06. The van der Waals surface area contributed by atoms with E-state index in [2.05, 4.69) is 4.74 Å². The number of ether oxygens (including phenoxy) is 1. The first-order valence-electron chi connectivity index (χ1n) is 4.11. The Morgan fingerprint density at radius 2 is 2.54 bits per heavy atom. The lowest BCUT2D eigenvalue weighted by atomic mass is 10.2. The van der Waals surface area contributed by atoms with E-state index in [1.807, 2.05) is 0 Å². The number of rotatable bonds is 4. The van der Waals surface area contributed by atoms with Gasteiger partial charge in [0.25, 0.3) is 0 Å². The lowest BCUT2D eigenvalue weighted by Crippen LogP contribution is -2.09. The van der Waals surface area contributed by atoms with Gasteiger partial charge in [-0.15, -0.1) is 0 Å². The van der Waals surface area contributed by atoms with E-state index in [0.29, 0.717) is 12.4 Å². The summed E-state index contributed by atoms with van der Waals surface area (Å²) in [4.78, 5) is 10.9. The topological polar surface area (TPSA) is 59.7 Å². The molecule has 1 aromatic rings. The molecule has 0 fully saturated rings. The van der Waals surface area contributed by atoms with Gasteiger partial charge < -0.3 is 14.3 Å². The molecule has 0 aliphatic heterocycles. The van der Waals surface area contributed by atoms with Crippen LogP contribution in [0, 0.1) is 0 Å². The number of hydrogen-bond acceptors (Lipinski definition) is 4. The molecule has 4 nitrogen and oxygen atoms in total. The second-order valence-corrected chi connectivity index (χ2v) is 2.54. The average molecular weight is 184 g/mol. The Balaban J connectivity index is 2.42. The standard InChI is InChI=1S/C9H12O4/c1-2-12-9(11)6-7(10)8-4-3-5-13-8/h3-5,7,10H,2,6H2,1H3/t7-/m0/s1. The molecule has 1 atom stereocenters. The second-order valence-electron chi connectivity index (χ2n) is 2.54. The highest BCUT2D eigenvalue weighted by molar-refractivity contribution is 5.70. The number of carbonyl (C=O) groups is 1. The maximum atomic E-state index is 10.9. The minimum absolute atomic E-state index is 0.0681. The quantitative estimate of drug-likeness (QED) is 0.716. The van der Waals surface area contributed by atoms with Gasteiger partial charge in [0.2, 0.25) is 0 Å². The number of carbonyl (C=O) groups excluding carboxylic acids is 1. The molecular weight excluding hydrogens is 172 g/mol. The van der Waals surface area contributed by atoms with Gasteiger partial charge in [0.05, 0.1) is 19.3 Å². The van der Waals surface area contributed by atoms with Crippen molar-refractivity contribution in [2.45, 2.75) is 19.4 Å². The Kier molecular flexibility index (Phi) is 3.52. The molecule has 0 aliphatic rings. The zero-order valence-electron chi connectivity index (χ0n) is 7.40. The van der Waals surface area contributed by atoms with Gasteiger partial charge in [0.15, 0.2) is 0 Å². The van der Waals surface area contributed by atoms with Crippen LogP contribution in [-0.2, 0) is 9.53 Å². The van der Waals surface area contributed by atoms with Gasteiger partial charge in [-0.25, -0.2) is 0 Å². The van der Waals surface area contributed by atoms with E-state index >= 15 is 0 Å². The highest BCUT2D eigenvalue weighted by Crippen LogP contribution is 2.16. The monoisotopic (exact) mass is 184 g/mol. The van der Waals surface area contributed by atoms with E-state index in [4.69, 9.17) is 4.42 Å². The molecule has 0 aromatic carbocycles. The van der Waals surface area contributed by atoms with Gasteiger partial charge >= 0.3 is 5.97 Å². The number of hydrogen-bond donors (Lipinski definition) is 1. The summed E-state index contributed by atoms with van der Waals surface area (Å²) in [6.45, 7) is 2.04. The van der Waals surface area contributed by atoms with E-state index < -0.39 is 12.1 Å². The highest BCUT2D eigenvalue weighted by Gasteiger charge is 2.15. The van der Waals surface area contributed by atoms with Crippen LogP contribution in [-0.4, -0.2) is 17.7 Å². The molecule has 72 valence electrons. The first-order chi connectivity index (χ1) is 6.24. The van der Waals surface area contributed by atoms with Crippen molar-refractivity contribution in [2.24, 2.45) is 0 Å². The Morgan fingerprint density at radius 3 is 3.08 bits per heavy atom. The summed E-state index contributed by atoms with van der Waals surface area (Å²) in [6, 6.07) is 3.27. The van der Waals surface area contributed by atoms with Crippen molar-refractivity contribution in [3.8, 4) is 0 Å². The van der Waals surface area contributed by atoms with Crippen molar-refractivity contribution in [1.29, 1.82) is 0 Å². The molecule has 0 radical (unpaired) electrons. The first-order valence-corrected chi connectivity index (χ1v) is 4.11. The van der Waals surface area contributed by atoms with E-state index in [-0.39, 0.29) is 6.42 Å². The molecule has 0 spiro atoms. The van der Waals surface area contributed by atoms with E-state index in [1.54, 1.807) is 19.1 Å². The Bertz CT molecular complexity index is 253. The van der Waals surface area contributed by atoms with Crippen LogP contribution in [0.4, 0.5) is 0 Å².